The van der Waals surface area contributed by atoms with Crippen molar-refractivity contribution in [2.75, 3.05) is 7.11 Å². The largest absolute Gasteiger partial charge is 0.465 e. The molecular formula is C12H9FN2O5. The predicted molar refractivity (Wildman–Crippen MR) is 64.6 cm³/mol. The fourth-order valence-corrected chi connectivity index (χ4v) is 1.73. The van der Waals surface area contributed by atoms with E-state index in [0.717, 1.165) is 18.2 Å². The molecule has 0 fully saturated rings. The van der Waals surface area contributed by atoms with E-state index in [2.05, 4.69) is 9.89 Å². The van der Waals surface area contributed by atoms with Crippen LogP contribution in [-0.2, 0) is 4.74 Å². The standard InChI is InChI=1S/C12H9FN2O5/c1-6-10(12(16)19-2)11(14-20-6)7-3-8(13)5-9(4-7)15(17)18/h3-5H,1-2H3. The minimum absolute atomic E-state index is 0.00282. The van der Waals surface area contributed by atoms with Gasteiger partial charge in [0.2, 0.25) is 0 Å². The lowest BCUT2D eigenvalue weighted by molar-refractivity contribution is -0.385. The number of carbonyl (C=O) groups is 1. The molecule has 2 rings (SSSR count). The lowest BCUT2D eigenvalue weighted by Crippen LogP contribution is -2.04. The summed E-state index contributed by atoms with van der Waals surface area (Å²) in [6.45, 7) is 1.48. The smallest absolute Gasteiger partial charge is 0.343 e. The Labute approximate surface area is 112 Å². The molecular weight excluding hydrogens is 271 g/mol. The normalized spacial score (nSPS) is 10.3. The molecule has 0 aliphatic rings. The Bertz CT molecular complexity index is 695. The molecule has 104 valence electrons. The summed E-state index contributed by atoms with van der Waals surface area (Å²) < 4.78 is 22.9. The van der Waals surface area contributed by atoms with Crippen molar-refractivity contribution in [3.8, 4) is 11.3 Å². The number of nitro benzene ring substituents is 1. The summed E-state index contributed by atoms with van der Waals surface area (Å²) in [7, 11) is 1.17. The molecule has 1 aromatic heterocycles. The number of nitro groups is 1. The Morgan fingerprint density at radius 2 is 2.15 bits per heavy atom. The molecule has 20 heavy (non-hydrogen) atoms. The fraction of sp³-hybridized carbons (Fsp3) is 0.167. The lowest BCUT2D eigenvalue weighted by atomic mass is 10.1. The van der Waals surface area contributed by atoms with Crippen LogP contribution in [-0.4, -0.2) is 23.2 Å². The van der Waals surface area contributed by atoms with Gasteiger partial charge in [-0.05, 0) is 13.0 Å². The van der Waals surface area contributed by atoms with Crippen LogP contribution in [0.25, 0.3) is 11.3 Å². The number of carbonyl (C=O) groups excluding carboxylic acids is 1. The van der Waals surface area contributed by atoms with Crippen LogP contribution in [0.2, 0.25) is 0 Å². The topological polar surface area (TPSA) is 95.5 Å². The summed E-state index contributed by atoms with van der Waals surface area (Å²) >= 11 is 0. The minimum Gasteiger partial charge on any atom is -0.465 e. The third kappa shape index (κ3) is 2.35. The van der Waals surface area contributed by atoms with Gasteiger partial charge in [0.05, 0.1) is 18.1 Å². The van der Waals surface area contributed by atoms with Crippen molar-refractivity contribution in [1.29, 1.82) is 0 Å². The maximum Gasteiger partial charge on any atom is 0.343 e. The Kier molecular flexibility index (Phi) is 3.47. The van der Waals surface area contributed by atoms with Gasteiger partial charge >= 0.3 is 5.97 Å². The van der Waals surface area contributed by atoms with Crippen LogP contribution in [0, 0.1) is 22.9 Å². The van der Waals surface area contributed by atoms with Gasteiger partial charge in [-0.2, -0.15) is 0 Å². The Morgan fingerprint density at radius 1 is 1.45 bits per heavy atom. The highest BCUT2D eigenvalue weighted by atomic mass is 19.1. The highest BCUT2D eigenvalue weighted by molar-refractivity contribution is 5.97. The van der Waals surface area contributed by atoms with Crippen LogP contribution < -0.4 is 0 Å². The second-order valence-electron chi connectivity index (χ2n) is 3.91. The van der Waals surface area contributed by atoms with Gasteiger partial charge in [-0.3, -0.25) is 10.1 Å². The molecule has 7 nitrogen and oxygen atoms in total. The van der Waals surface area contributed by atoms with Gasteiger partial charge in [0.1, 0.15) is 22.8 Å². The Morgan fingerprint density at radius 3 is 2.75 bits per heavy atom. The first-order chi connectivity index (χ1) is 9.43. The van der Waals surface area contributed by atoms with Crippen LogP contribution in [0.5, 0.6) is 0 Å². The minimum atomic E-state index is -0.814. The molecule has 1 aromatic carbocycles. The zero-order valence-electron chi connectivity index (χ0n) is 10.5. The van der Waals surface area contributed by atoms with E-state index in [9.17, 15) is 19.3 Å². The van der Waals surface area contributed by atoms with E-state index >= 15 is 0 Å². The monoisotopic (exact) mass is 280 g/mol. The third-order valence-corrected chi connectivity index (χ3v) is 2.62. The summed E-state index contributed by atoms with van der Waals surface area (Å²) in [6.07, 6.45) is 0. The average Bonchev–Trinajstić information content (AvgIpc) is 2.79. The summed E-state index contributed by atoms with van der Waals surface area (Å²) in [5, 5.41) is 14.4. The highest BCUT2D eigenvalue weighted by Gasteiger charge is 2.24. The molecule has 0 spiro atoms. The number of esters is 1. The van der Waals surface area contributed by atoms with Gasteiger partial charge < -0.3 is 9.26 Å². The first-order valence-electron chi connectivity index (χ1n) is 5.44. The van der Waals surface area contributed by atoms with Gasteiger partial charge in [-0.25, -0.2) is 9.18 Å². The number of aromatic nitrogens is 1. The molecule has 0 atom stereocenters. The molecule has 0 aliphatic heterocycles. The van der Waals surface area contributed by atoms with Crippen LogP contribution in [0.1, 0.15) is 16.1 Å². The molecule has 0 saturated carbocycles. The summed E-state index contributed by atoms with van der Waals surface area (Å²) in [5.74, 6) is -1.35. The molecule has 0 N–H and O–H groups in total. The number of hydrogen-bond acceptors (Lipinski definition) is 6. The van der Waals surface area contributed by atoms with Crippen molar-refractivity contribution < 1.29 is 23.4 Å². The van der Waals surface area contributed by atoms with Crippen molar-refractivity contribution in [2.24, 2.45) is 0 Å². The van der Waals surface area contributed by atoms with Crippen molar-refractivity contribution in [3.63, 3.8) is 0 Å². The lowest BCUT2D eigenvalue weighted by Gasteiger charge is -2.01. The molecule has 1 heterocycles. The summed E-state index contributed by atoms with van der Waals surface area (Å²) in [5.41, 5.74) is -0.380. The first kappa shape index (κ1) is 13.7. The van der Waals surface area contributed by atoms with Gasteiger partial charge in [-0.1, -0.05) is 5.16 Å². The number of benzene rings is 1. The Balaban J connectivity index is 2.63. The maximum atomic E-state index is 13.4. The van der Waals surface area contributed by atoms with Gasteiger partial charge in [0.15, 0.2) is 0 Å². The zero-order valence-corrected chi connectivity index (χ0v) is 10.5. The van der Waals surface area contributed by atoms with E-state index in [4.69, 9.17) is 4.52 Å². The van der Waals surface area contributed by atoms with Crippen LogP contribution in [0.15, 0.2) is 22.7 Å². The SMILES string of the molecule is COC(=O)c1c(-c2cc(F)cc([N+](=O)[O-])c2)noc1C. The molecule has 0 bridgehead atoms. The van der Waals surface area contributed by atoms with Gasteiger partial charge in [0, 0.05) is 11.6 Å². The Hall–Kier alpha value is -2.77. The van der Waals surface area contributed by atoms with Gasteiger partial charge in [0.25, 0.3) is 5.69 Å². The quantitative estimate of drug-likeness (QED) is 0.487. The van der Waals surface area contributed by atoms with Gasteiger partial charge in [-0.15, -0.1) is 0 Å². The van der Waals surface area contributed by atoms with Crippen LogP contribution in [0.3, 0.4) is 0 Å². The summed E-state index contributed by atoms with van der Waals surface area (Å²) in [6, 6.07) is 2.90. The summed E-state index contributed by atoms with van der Waals surface area (Å²) in [4.78, 5) is 21.6. The van der Waals surface area contributed by atoms with Crippen molar-refractivity contribution >= 4 is 11.7 Å². The maximum absolute atomic E-state index is 13.4. The van der Waals surface area contributed by atoms with E-state index in [1.807, 2.05) is 0 Å². The van der Waals surface area contributed by atoms with Crippen molar-refractivity contribution in [3.05, 3.63) is 45.5 Å². The number of methoxy groups -OCH3 is 1. The molecule has 2 aromatic rings. The second-order valence-corrected chi connectivity index (χ2v) is 3.91. The number of hydrogen-bond donors (Lipinski definition) is 0. The molecule has 0 saturated heterocycles. The van der Waals surface area contributed by atoms with E-state index in [-0.39, 0.29) is 22.6 Å². The number of halogens is 1. The number of non-ortho nitro benzene ring substituents is 1. The van der Waals surface area contributed by atoms with E-state index in [1.165, 1.54) is 14.0 Å². The van der Waals surface area contributed by atoms with Crippen molar-refractivity contribution in [2.45, 2.75) is 6.92 Å². The highest BCUT2D eigenvalue weighted by Crippen LogP contribution is 2.29. The molecule has 0 unspecified atom stereocenters. The number of nitrogens with zero attached hydrogens (tertiary/aromatic N) is 2. The second kappa shape index (κ2) is 5.08. The number of ether oxygens (including phenoxy) is 1. The molecule has 8 heteroatoms. The van der Waals surface area contributed by atoms with E-state index in [1.54, 1.807) is 0 Å². The third-order valence-electron chi connectivity index (χ3n) is 2.62. The van der Waals surface area contributed by atoms with E-state index in [0.29, 0.717) is 0 Å². The zero-order chi connectivity index (χ0) is 14.9. The fourth-order valence-electron chi connectivity index (χ4n) is 1.73. The molecule has 0 radical (unpaired) electrons. The molecule has 0 amide bonds. The van der Waals surface area contributed by atoms with Crippen molar-refractivity contribution in [1.82, 2.24) is 5.16 Å². The van der Waals surface area contributed by atoms with E-state index < -0.39 is 22.4 Å². The molecule has 0 aliphatic carbocycles. The van der Waals surface area contributed by atoms with Crippen LogP contribution in [0.4, 0.5) is 10.1 Å². The van der Waals surface area contributed by atoms with Crippen LogP contribution >= 0.6 is 0 Å². The predicted octanol–water partition coefficient (Wildman–Crippen LogP) is 2.48. The number of rotatable bonds is 3. The average molecular weight is 280 g/mol. The first-order valence-corrected chi connectivity index (χ1v) is 5.44. The number of aryl methyl sites for hydroxylation is 1.